The highest BCUT2D eigenvalue weighted by Crippen LogP contribution is 2.50. The zero-order valence-corrected chi connectivity index (χ0v) is 20.1. The number of nitrogens with two attached hydrogens (primary N) is 1. The molecule has 1 saturated heterocycles. The highest BCUT2D eigenvalue weighted by atomic mass is 32.1. The fourth-order valence-electron chi connectivity index (χ4n) is 4.87. The summed E-state index contributed by atoms with van der Waals surface area (Å²) >= 11 is 1.11. The maximum absolute atomic E-state index is 15.0. The molecule has 0 saturated carbocycles. The molecule has 8 nitrogen and oxygen atoms in total. The molecule has 4 aromatic rings. The number of para-hydroxylation sites is 1. The number of anilines is 3. The number of thiophene rings is 1. The van der Waals surface area contributed by atoms with Crippen LogP contribution in [-0.4, -0.2) is 42.2 Å². The zero-order valence-electron chi connectivity index (χ0n) is 19.3. The summed E-state index contributed by atoms with van der Waals surface area (Å²) in [7, 11) is 0. The predicted molar refractivity (Wildman–Crippen MR) is 137 cm³/mol. The predicted octanol–water partition coefficient (Wildman–Crippen LogP) is 4.88. The fourth-order valence-corrected chi connectivity index (χ4v) is 5.88. The third-order valence-corrected chi connectivity index (χ3v) is 7.58. The third kappa shape index (κ3) is 3.49. The first-order valence-corrected chi connectivity index (χ1v) is 12.3. The van der Waals surface area contributed by atoms with Crippen molar-refractivity contribution in [1.82, 2.24) is 10.3 Å². The summed E-state index contributed by atoms with van der Waals surface area (Å²) in [4.78, 5) is 34.6. The van der Waals surface area contributed by atoms with E-state index in [0.29, 0.717) is 38.8 Å². The van der Waals surface area contributed by atoms with Gasteiger partial charge in [0.05, 0.1) is 28.5 Å². The Morgan fingerprint density at radius 1 is 1.14 bits per heavy atom. The molecule has 4 heterocycles. The fraction of sp³-hybridized carbons (Fsp3) is 0.192. The third-order valence-electron chi connectivity index (χ3n) is 6.48. The van der Waals surface area contributed by atoms with Crippen LogP contribution in [0.2, 0.25) is 0 Å². The Morgan fingerprint density at radius 3 is 2.64 bits per heavy atom. The van der Waals surface area contributed by atoms with Crippen molar-refractivity contribution < 1.29 is 18.7 Å². The number of primary amides is 1. The van der Waals surface area contributed by atoms with Crippen LogP contribution in [0.1, 0.15) is 15.2 Å². The lowest BCUT2D eigenvalue weighted by Gasteiger charge is -2.39. The van der Waals surface area contributed by atoms with Crippen molar-refractivity contribution in [3.05, 3.63) is 71.2 Å². The number of pyridine rings is 1. The van der Waals surface area contributed by atoms with Gasteiger partial charge in [-0.05, 0) is 48.9 Å². The van der Waals surface area contributed by atoms with Crippen molar-refractivity contribution in [2.45, 2.75) is 19.1 Å². The lowest BCUT2D eigenvalue weighted by Crippen LogP contribution is -2.53. The molecule has 0 radical (unpaired) electrons. The summed E-state index contributed by atoms with van der Waals surface area (Å²) in [6, 6.07) is 15.4. The number of nitrogens with zero attached hydrogens (tertiary/aromatic N) is 3. The number of aryl methyl sites for hydroxylation is 1. The maximum Gasteiger partial charge on any atom is 0.334 e. The van der Waals surface area contributed by atoms with Crippen LogP contribution < -0.4 is 25.6 Å². The minimum absolute atomic E-state index is 0.123. The van der Waals surface area contributed by atoms with Gasteiger partial charge in [0.25, 0.3) is 5.91 Å². The van der Waals surface area contributed by atoms with Gasteiger partial charge in [0.1, 0.15) is 27.4 Å². The van der Waals surface area contributed by atoms with Crippen LogP contribution in [-0.2, 0) is 0 Å². The van der Waals surface area contributed by atoms with Gasteiger partial charge in [-0.3, -0.25) is 14.6 Å². The second-order valence-corrected chi connectivity index (χ2v) is 9.75. The highest BCUT2D eigenvalue weighted by molar-refractivity contribution is 7.21. The van der Waals surface area contributed by atoms with Crippen LogP contribution in [0.5, 0.6) is 11.5 Å². The average molecular weight is 504 g/mol. The molecule has 0 bridgehead atoms. The molecule has 36 heavy (non-hydrogen) atoms. The van der Waals surface area contributed by atoms with Gasteiger partial charge in [-0.25, -0.2) is 14.2 Å². The molecule has 2 aliphatic rings. The normalized spacial score (nSPS) is 19.2. The topological polar surface area (TPSA) is 101 Å². The molecule has 10 heteroatoms. The van der Waals surface area contributed by atoms with Crippen molar-refractivity contribution in [3.63, 3.8) is 0 Å². The zero-order chi connectivity index (χ0) is 25.0. The van der Waals surface area contributed by atoms with E-state index >= 15 is 0 Å². The van der Waals surface area contributed by atoms with Gasteiger partial charge in [0.15, 0.2) is 0 Å². The molecule has 2 aliphatic heterocycles. The van der Waals surface area contributed by atoms with Crippen LogP contribution in [0, 0.1) is 6.92 Å². The largest absolute Gasteiger partial charge is 0.457 e. The molecule has 0 unspecified atom stereocenters. The van der Waals surface area contributed by atoms with E-state index in [1.165, 1.54) is 4.90 Å². The van der Waals surface area contributed by atoms with Gasteiger partial charge in [-0.15, -0.1) is 11.3 Å². The van der Waals surface area contributed by atoms with E-state index in [9.17, 15) is 14.0 Å². The SMILES string of the molecule is Cc1cc(Oc2ccccc2)ccc1N1C(=O)N([C@H]2CNC[C@H]2F)c2c(C(N)=O)sc3nccc1c23. The molecular weight excluding hydrogens is 481 g/mol. The van der Waals surface area contributed by atoms with Crippen LogP contribution in [0.25, 0.3) is 10.2 Å². The first-order chi connectivity index (χ1) is 17.4. The van der Waals surface area contributed by atoms with Gasteiger partial charge >= 0.3 is 6.03 Å². The van der Waals surface area contributed by atoms with Crippen molar-refractivity contribution in [2.24, 2.45) is 5.73 Å². The van der Waals surface area contributed by atoms with E-state index in [0.717, 1.165) is 16.9 Å². The van der Waals surface area contributed by atoms with E-state index < -0.39 is 24.2 Å². The molecule has 182 valence electrons. The summed E-state index contributed by atoms with van der Waals surface area (Å²) in [6.07, 6.45) is 0.295. The number of carbonyl (C=O) groups excluding carboxylic acids is 2. The minimum atomic E-state index is -1.30. The Hall–Kier alpha value is -4.02. The summed E-state index contributed by atoms with van der Waals surface area (Å²) < 4.78 is 20.9. The number of nitrogens with one attached hydrogen (secondary N) is 1. The number of benzene rings is 2. The first-order valence-electron chi connectivity index (χ1n) is 11.5. The molecule has 0 aliphatic carbocycles. The monoisotopic (exact) mass is 503 g/mol. The Bertz CT molecular complexity index is 1510. The number of carbonyl (C=O) groups is 2. The molecule has 3 amide bonds. The quantitative estimate of drug-likeness (QED) is 0.404. The van der Waals surface area contributed by atoms with Crippen LogP contribution in [0.15, 0.2) is 60.8 Å². The summed E-state index contributed by atoms with van der Waals surface area (Å²) in [5.74, 6) is 0.648. The van der Waals surface area contributed by atoms with Gasteiger partial charge in [-0.1, -0.05) is 18.2 Å². The number of hydrogen-bond acceptors (Lipinski definition) is 6. The number of rotatable bonds is 5. The van der Waals surface area contributed by atoms with Crippen molar-refractivity contribution in [2.75, 3.05) is 22.9 Å². The average Bonchev–Trinajstić information content (AvgIpc) is 3.46. The Morgan fingerprint density at radius 2 is 1.94 bits per heavy atom. The van der Waals surface area contributed by atoms with Gasteiger partial charge in [0, 0.05) is 19.3 Å². The van der Waals surface area contributed by atoms with E-state index in [1.54, 1.807) is 23.2 Å². The molecule has 0 spiro atoms. The standard InChI is InChI=1S/C26H22FN5O3S/c1-14-11-16(35-15-5-3-2-4-6-15)7-8-18(14)31-19-9-10-30-25-21(19)22(23(36-25)24(28)33)32(26(31)34)20-13-29-12-17(20)27/h2-11,17,20,29H,12-13H2,1H3,(H2,28,33)/t17-,20+/m1/s1. The van der Waals surface area contributed by atoms with E-state index in [4.69, 9.17) is 10.5 Å². The molecule has 1 fully saturated rings. The van der Waals surface area contributed by atoms with Crippen LogP contribution in [0.3, 0.4) is 0 Å². The minimum Gasteiger partial charge on any atom is -0.457 e. The molecule has 2 atom stereocenters. The van der Waals surface area contributed by atoms with E-state index in [1.807, 2.05) is 49.4 Å². The van der Waals surface area contributed by atoms with Gasteiger partial charge < -0.3 is 15.8 Å². The molecule has 2 aromatic heterocycles. The van der Waals surface area contributed by atoms with Crippen LogP contribution >= 0.6 is 11.3 Å². The molecular formula is C26H22FN5O3S. The summed E-state index contributed by atoms with van der Waals surface area (Å²) in [5.41, 5.74) is 8.01. The number of halogens is 1. The summed E-state index contributed by atoms with van der Waals surface area (Å²) in [5, 5.41) is 3.61. The number of hydrogen-bond donors (Lipinski definition) is 2. The molecule has 2 aromatic carbocycles. The number of urea groups is 1. The smallest absolute Gasteiger partial charge is 0.334 e. The second kappa shape index (κ2) is 8.58. The second-order valence-electron chi connectivity index (χ2n) is 8.75. The Balaban J connectivity index is 1.51. The van der Waals surface area contributed by atoms with Gasteiger partial charge in [0.2, 0.25) is 0 Å². The first kappa shape index (κ1) is 22.4. The molecule has 6 rings (SSSR count). The highest BCUT2D eigenvalue weighted by Gasteiger charge is 2.45. The summed E-state index contributed by atoms with van der Waals surface area (Å²) in [6.45, 7) is 2.27. The van der Waals surface area contributed by atoms with Gasteiger partial charge in [-0.2, -0.15) is 0 Å². The lowest BCUT2D eigenvalue weighted by molar-refractivity contribution is 0.100. The van der Waals surface area contributed by atoms with E-state index in [2.05, 4.69) is 10.3 Å². The lowest BCUT2D eigenvalue weighted by atomic mass is 10.0. The Labute approximate surface area is 210 Å². The van der Waals surface area contributed by atoms with Crippen molar-refractivity contribution >= 4 is 50.6 Å². The van der Waals surface area contributed by atoms with Crippen molar-refractivity contribution in [3.8, 4) is 11.5 Å². The number of amides is 3. The van der Waals surface area contributed by atoms with Crippen LogP contribution in [0.4, 0.5) is 26.2 Å². The number of aromatic nitrogens is 1. The number of alkyl halides is 1. The van der Waals surface area contributed by atoms with Crippen molar-refractivity contribution in [1.29, 1.82) is 0 Å². The Kier molecular flexibility index (Phi) is 5.35. The number of ether oxygens (including phenoxy) is 1. The van der Waals surface area contributed by atoms with E-state index in [-0.39, 0.29) is 18.0 Å². The maximum atomic E-state index is 15.0. The molecule has 3 N–H and O–H groups in total.